The number of hydrogen-bond acceptors (Lipinski definition) is 3. The molecule has 0 unspecified atom stereocenters. The van der Waals surface area contributed by atoms with Crippen LogP contribution in [0.5, 0.6) is 11.5 Å². The fourth-order valence-corrected chi connectivity index (χ4v) is 3.64. The average Bonchev–Trinajstić information content (AvgIpc) is 2.46. The van der Waals surface area contributed by atoms with E-state index in [-0.39, 0.29) is 5.54 Å². The van der Waals surface area contributed by atoms with Crippen molar-refractivity contribution in [1.29, 1.82) is 0 Å². The number of nitrogens with two attached hydrogens (primary N) is 1. The van der Waals surface area contributed by atoms with Crippen LogP contribution in [0.1, 0.15) is 52.0 Å². The third-order valence-electron chi connectivity index (χ3n) is 5.22. The van der Waals surface area contributed by atoms with Crippen LogP contribution in [0.4, 0.5) is 0 Å². The molecule has 0 saturated heterocycles. The second-order valence-electron chi connectivity index (χ2n) is 7.65. The van der Waals surface area contributed by atoms with Crippen molar-refractivity contribution in [1.82, 2.24) is 0 Å². The lowest BCUT2D eigenvalue weighted by Crippen LogP contribution is -2.42. The van der Waals surface area contributed by atoms with E-state index in [1.807, 2.05) is 6.07 Å². The molecule has 1 aliphatic carbocycles. The van der Waals surface area contributed by atoms with Gasteiger partial charge >= 0.3 is 0 Å². The highest BCUT2D eigenvalue weighted by Crippen LogP contribution is 2.45. The molecule has 2 aliphatic rings. The minimum atomic E-state index is -0.211. The van der Waals surface area contributed by atoms with Crippen LogP contribution >= 0.6 is 0 Å². The largest absolute Gasteiger partial charge is 0.486 e. The summed E-state index contributed by atoms with van der Waals surface area (Å²) in [6.45, 7) is 8.27. The zero-order valence-corrected chi connectivity index (χ0v) is 13.4. The molecule has 1 saturated carbocycles. The molecule has 116 valence electrons. The Hall–Kier alpha value is -1.22. The van der Waals surface area contributed by atoms with Gasteiger partial charge in [-0.1, -0.05) is 26.8 Å². The maximum absolute atomic E-state index is 6.72. The Bertz CT molecular complexity index is 510. The van der Waals surface area contributed by atoms with Crippen LogP contribution in [0, 0.1) is 11.3 Å². The van der Waals surface area contributed by atoms with E-state index in [1.54, 1.807) is 0 Å². The summed E-state index contributed by atoms with van der Waals surface area (Å²) < 4.78 is 11.3. The van der Waals surface area contributed by atoms with Crippen molar-refractivity contribution < 1.29 is 9.47 Å². The van der Waals surface area contributed by atoms with Gasteiger partial charge in [0.05, 0.1) is 0 Å². The van der Waals surface area contributed by atoms with Gasteiger partial charge in [0.2, 0.25) is 0 Å². The van der Waals surface area contributed by atoms with Crippen molar-refractivity contribution in [3.8, 4) is 11.5 Å². The third-order valence-corrected chi connectivity index (χ3v) is 5.22. The molecule has 2 N–H and O–H groups in total. The lowest BCUT2D eigenvalue weighted by Gasteiger charge is -2.42. The predicted octanol–water partition coefficient (Wildman–Crippen LogP) is 3.85. The van der Waals surface area contributed by atoms with E-state index in [2.05, 4.69) is 32.9 Å². The smallest absolute Gasteiger partial charge is 0.161 e. The maximum Gasteiger partial charge on any atom is 0.161 e. The molecule has 1 fully saturated rings. The summed E-state index contributed by atoms with van der Waals surface area (Å²) in [5.74, 6) is 2.46. The first-order chi connectivity index (χ1) is 9.88. The molecule has 1 aromatic carbocycles. The minimum absolute atomic E-state index is 0.211. The summed E-state index contributed by atoms with van der Waals surface area (Å²) >= 11 is 0. The number of ether oxygens (including phenoxy) is 2. The lowest BCUT2D eigenvalue weighted by atomic mass is 9.66. The normalized spacial score (nSPS) is 29.2. The van der Waals surface area contributed by atoms with Crippen molar-refractivity contribution in [2.24, 2.45) is 17.1 Å². The highest BCUT2D eigenvalue weighted by Gasteiger charge is 2.37. The van der Waals surface area contributed by atoms with E-state index in [1.165, 1.54) is 18.4 Å². The Labute approximate surface area is 127 Å². The van der Waals surface area contributed by atoms with E-state index in [9.17, 15) is 0 Å². The highest BCUT2D eigenvalue weighted by atomic mass is 16.6. The molecule has 0 spiro atoms. The van der Waals surface area contributed by atoms with Gasteiger partial charge in [-0.3, -0.25) is 0 Å². The molecular formula is C18H27NO2. The fourth-order valence-electron chi connectivity index (χ4n) is 3.64. The Kier molecular flexibility index (Phi) is 3.64. The predicted molar refractivity (Wildman–Crippen MR) is 84.7 cm³/mol. The van der Waals surface area contributed by atoms with Crippen molar-refractivity contribution >= 4 is 0 Å². The second kappa shape index (κ2) is 5.20. The number of rotatable bonds is 1. The van der Waals surface area contributed by atoms with E-state index < -0.39 is 0 Å². The van der Waals surface area contributed by atoms with Crippen molar-refractivity contribution in [2.75, 3.05) is 13.2 Å². The van der Waals surface area contributed by atoms with Gasteiger partial charge in [-0.15, -0.1) is 0 Å². The zero-order chi connectivity index (χ0) is 15.1. The molecule has 0 radical (unpaired) electrons. The first kappa shape index (κ1) is 14.7. The van der Waals surface area contributed by atoms with E-state index >= 15 is 0 Å². The van der Waals surface area contributed by atoms with Crippen LogP contribution in [0.15, 0.2) is 18.2 Å². The Balaban J connectivity index is 1.78. The van der Waals surface area contributed by atoms with Crippen LogP contribution in [0.2, 0.25) is 0 Å². The first-order valence-corrected chi connectivity index (χ1v) is 8.07. The van der Waals surface area contributed by atoms with Gasteiger partial charge in [-0.05, 0) is 54.7 Å². The van der Waals surface area contributed by atoms with Crippen LogP contribution in [0.3, 0.4) is 0 Å². The topological polar surface area (TPSA) is 44.5 Å². The standard InChI is InChI=1S/C18H27NO2/c1-17(2,3)13-6-8-18(19,9-7-13)14-4-5-15-16(12-14)21-11-10-20-15/h4-5,12-13H,6-11,19H2,1-3H3. The molecular weight excluding hydrogens is 262 g/mol. The van der Waals surface area contributed by atoms with Crippen LogP contribution in [-0.4, -0.2) is 13.2 Å². The number of benzene rings is 1. The van der Waals surface area contributed by atoms with Crippen LogP contribution < -0.4 is 15.2 Å². The zero-order valence-electron chi connectivity index (χ0n) is 13.4. The molecule has 0 atom stereocenters. The summed E-state index contributed by atoms with van der Waals surface area (Å²) in [4.78, 5) is 0. The molecule has 0 bridgehead atoms. The fraction of sp³-hybridized carbons (Fsp3) is 0.667. The monoisotopic (exact) mass is 289 g/mol. The Morgan fingerprint density at radius 1 is 1.05 bits per heavy atom. The van der Waals surface area contributed by atoms with Crippen molar-refractivity contribution in [2.45, 2.75) is 52.0 Å². The van der Waals surface area contributed by atoms with Crippen molar-refractivity contribution in [3.63, 3.8) is 0 Å². The third kappa shape index (κ3) is 2.89. The van der Waals surface area contributed by atoms with Crippen molar-refractivity contribution in [3.05, 3.63) is 23.8 Å². The summed E-state index contributed by atoms with van der Waals surface area (Å²) in [6, 6.07) is 6.21. The molecule has 1 heterocycles. The number of fused-ring (bicyclic) bond motifs is 1. The second-order valence-corrected chi connectivity index (χ2v) is 7.65. The summed E-state index contributed by atoms with van der Waals surface area (Å²) in [7, 11) is 0. The maximum atomic E-state index is 6.72. The molecule has 1 aromatic rings. The molecule has 3 rings (SSSR count). The summed E-state index contributed by atoms with van der Waals surface area (Å²) in [5, 5.41) is 0. The molecule has 1 aliphatic heterocycles. The van der Waals surface area contributed by atoms with E-state index in [0.717, 1.165) is 30.3 Å². The molecule has 3 heteroatoms. The van der Waals surface area contributed by atoms with E-state index in [0.29, 0.717) is 18.6 Å². The summed E-state index contributed by atoms with van der Waals surface area (Å²) in [6.07, 6.45) is 4.51. The average molecular weight is 289 g/mol. The molecule has 0 aromatic heterocycles. The van der Waals surface area contributed by atoms with Crippen LogP contribution in [0.25, 0.3) is 0 Å². The molecule has 0 amide bonds. The van der Waals surface area contributed by atoms with Gasteiger partial charge in [0, 0.05) is 5.54 Å². The Morgan fingerprint density at radius 3 is 2.29 bits per heavy atom. The van der Waals surface area contributed by atoms with Gasteiger partial charge in [0.1, 0.15) is 13.2 Å². The van der Waals surface area contributed by atoms with E-state index in [4.69, 9.17) is 15.2 Å². The quantitative estimate of drug-likeness (QED) is 0.854. The van der Waals surface area contributed by atoms with Gasteiger partial charge < -0.3 is 15.2 Å². The lowest BCUT2D eigenvalue weighted by molar-refractivity contribution is 0.133. The highest BCUT2D eigenvalue weighted by molar-refractivity contribution is 5.45. The number of hydrogen-bond donors (Lipinski definition) is 1. The molecule has 21 heavy (non-hydrogen) atoms. The molecule has 3 nitrogen and oxygen atoms in total. The SMILES string of the molecule is CC(C)(C)C1CCC(N)(c2ccc3c(c2)OCCO3)CC1. The van der Waals surface area contributed by atoms with Crippen LogP contribution in [-0.2, 0) is 5.54 Å². The minimum Gasteiger partial charge on any atom is -0.486 e. The van der Waals surface area contributed by atoms with Gasteiger partial charge in [0.25, 0.3) is 0 Å². The van der Waals surface area contributed by atoms with Gasteiger partial charge in [0.15, 0.2) is 11.5 Å². The Morgan fingerprint density at radius 2 is 1.67 bits per heavy atom. The van der Waals surface area contributed by atoms with Gasteiger partial charge in [-0.2, -0.15) is 0 Å². The van der Waals surface area contributed by atoms with Gasteiger partial charge in [-0.25, -0.2) is 0 Å². The summed E-state index contributed by atoms with van der Waals surface area (Å²) in [5.41, 5.74) is 8.09. The first-order valence-electron chi connectivity index (χ1n) is 8.07.